The minimum Gasteiger partial charge on any atom is -0.416 e. The first kappa shape index (κ1) is 36.9. The van der Waals surface area contributed by atoms with Crippen LogP contribution in [0.25, 0.3) is 0 Å². The second kappa shape index (κ2) is 12.6. The Balaban J connectivity index is 2.46. The summed E-state index contributed by atoms with van der Waals surface area (Å²) in [5, 5.41) is 13.0. The van der Waals surface area contributed by atoms with E-state index in [-0.39, 0.29) is 34.3 Å². The third-order valence-corrected chi connectivity index (χ3v) is 20.5. The molecule has 0 aliphatic heterocycles. The Morgan fingerprint density at radius 2 is 1.59 bits per heavy atom. The smallest absolute Gasteiger partial charge is 0.192 e. The second-order valence-corrected chi connectivity index (χ2v) is 26.7. The molecule has 0 aromatic heterocycles. The van der Waals surface area contributed by atoms with Crippen LogP contribution in [0.2, 0.25) is 36.3 Å². The first-order chi connectivity index (χ1) is 18.3. The molecule has 2 rings (SSSR count). The standard InChI is InChI=1S/C34H66O5Si2/c1-25-18-17-19-33(11,28(25)23-38-40(13,14)30(3,4)5)22-29(37-24-36-12)34(35)26(2)20-27(21-32(34,9)10)39-41(15,16)31(6,7)8/h20,27-29,35H,1,17-19,21-24H2,2-16H3/t27-,28+,29+,33+,34+/m1/s1. The molecule has 1 N–H and O–H groups in total. The van der Waals surface area contributed by atoms with Crippen LogP contribution in [0.15, 0.2) is 23.8 Å². The Labute approximate surface area is 256 Å². The lowest BCUT2D eigenvalue weighted by atomic mass is 9.57. The fraction of sp³-hybridized carbons (Fsp3) is 0.882. The van der Waals surface area contributed by atoms with Crippen LogP contribution in [0.1, 0.15) is 101 Å². The third-order valence-electron chi connectivity index (χ3n) is 11.5. The first-order valence-corrected chi connectivity index (χ1v) is 21.7. The first-order valence-electron chi connectivity index (χ1n) is 15.9. The van der Waals surface area contributed by atoms with Crippen molar-refractivity contribution in [2.75, 3.05) is 20.5 Å². The van der Waals surface area contributed by atoms with Crippen molar-refractivity contribution in [2.45, 2.75) is 155 Å². The van der Waals surface area contributed by atoms with Gasteiger partial charge >= 0.3 is 0 Å². The fourth-order valence-corrected chi connectivity index (χ4v) is 8.79. The molecular weight excluding hydrogens is 545 g/mol. The molecule has 7 heteroatoms. The van der Waals surface area contributed by atoms with Crippen LogP contribution >= 0.6 is 0 Å². The van der Waals surface area contributed by atoms with Crippen molar-refractivity contribution in [1.29, 1.82) is 0 Å². The average molecular weight is 611 g/mol. The molecule has 0 heterocycles. The lowest BCUT2D eigenvalue weighted by Gasteiger charge is -2.55. The zero-order chi connectivity index (χ0) is 31.9. The van der Waals surface area contributed by atoms with E-state index in [0.29, 0.717) is 13.0 Å². The van der Waals surface area contributed by atoms with Crippen LogP contribution in [0.3, 0.4) is 0 Å². The molecule has 5 nitrogen and oxygen atoms in total. The number of ether oxygens (including phenoxy) is 2. The zero-order valence-electron chi connectivity index (χ0n) is 29.5. The van der Waals surface area contributed by atoms with Gasteiger partial charge in [0.2, 0.25) is 0 Å². The summed E-state index contributed by atoms with van der Waals surface area (Å²) in [6, 6.07) is 0. The van der Waals surface area contributed by atoms with Gasteiger partial charge in [0.1, 0.15) is 12.4 Å². The minimum atomic E-state index is -1.98. The summed E-state index contributed by atoms with van der Waals surface area (Å²) in [6.45, 7) is 37.1. The Kier molecular flexibility index (Phi) is 11.3. The van der Waals surface area contributed by atoms with Gasteiger partial charge in [-0.15, -0.1) is 0 Å². The molecule has 2 aliphatic carbocycles. The number of methoxy groups -OCH3 is 1. The average Bonchev–Trinajstić information content (AvgIpc) is 2.77. The predicted octanol–water partition coefficient (Wildman–Crippen LogP) is 9.25. The molecule has 0 aromatic rings. The third kappa shape index (κ3) is 7.87. The van der Waals surface area contributed by atoms with Crippen molar-refractivity contribution in [3.63, 3.8) is 0 Å². The van der Waals surface area contributed by atoms with Gasteiger partial charge in [0.15, 0.2) is 16.6 Å². The minimum absolute atomic E-state index is 0.0231. The summed E-state index contributed by atoms with van der Waals surface area (Å²) in [4.78, 5) is 0. The van der Waals surface area contributed by atoms with E-state index in [2.05, 4.69) is 108 Å². The highest BCUT2D eigenvalue weighted by molar-refractivity contribution is 6.74. The number of aliphatic hydroxyl groups is 1. The van der Waals surface area contributed by atoms with Crippen LogP contribution < -0.4 is 0 Å². The molecule has 2 aliphatic rings. The SMILES string of the molecule is C=C1CCC[C@@](C)(C[C@H](OCOC)[C@@]2(O)C(C)=C[C@@H](O[Si](C)(C)C(C)(C)C)CC2(C)C)[C@H]1CO[Si](C)(C)C(C)(C)C. The van der Waals surface area contributed by atoms with Crippen LogP contribution in [-0.2, 0) is 18.3 Å². The quantitative estimate of drug-likeness (QED) is 0.144. The number of hydrogen-bond donors (Lipinski definition) is 1. The maximum absolute atomic E-state index is 12.8. The van der Waals surface area contributed by atoms with Crippen molar-refractivity contribution in [3.05, 3.63) is 23.8 Å². The maximum Gasteiger partial charge on any atom is 0.192 e. The van der Waals surface area contributed by atoms with Crippen LogP contribution in [0.4, 0.5) is 0 Å². The molecule has 1 fully saturated rings. The molecule has 0 aromatic carbocycles. The highest BCUT2D eigenvalue weighted by atomic mass is 28.4. The van der Waals surface area contributed by atoms with E-state index in [1.54, 1.807) is 7.11 Å². The molecule has 0 spiro atoms. The molecule has 0 radical (unpaired) electrons. The monoisotopic (exact) mass is 610 g/mol. The van der Waals surface area contributed by atoms with E-state index in [4.69, 9.17) is 18.3 Å². The van der Waals surface area contributed by atoms with Gasteiger partial charge in [0, 0.05) is 25.0 Å². The topological polar surface area (TPSA) is 57.2 Å². The van der Waals surface area contributed by atoms with Crippen molar-refractivity contribution in [1.82, 2.24) is 0 Å². The molecule has 0 bridgehead atoms. The van der Waals surface area contributed by atoms with Gasteiger partial charge in [-0.05, 0) is 86.3 Å². The van der Waals surface area contributed by atoms with Crippen molar-refractivity contribution in [2.24, 2.45) is 16.7 Å². The Morgan fingerprint density at radius 3 is 2.07 bits per heavy atom. The summed E-state index contributed by atoms with van der Waals surface area (Å²) >= 11 is 0. The largest absolute Gasteiger partial charge is 0.416 e. The summed E-state index contributed by atoms with van der Waals surface area (Å²) in [5.41, 5.74) is 0.466. The predicted molar refractivity (Wildman–Crippen MR) is 178 cm³/mol. The highest BCUT2D eigenvalue weighted by Crippen LogP contribution is 2.54. The van der Waals surface area contributed by atoms with E-state index in [0.717, 1.165) is 31.3 Å². The van der Waals surface area contributed by atoms with Crippen molar-refractivity contribution < 1.29 is 23.4 Å². The highest BCUT2D eigenvalue weighted by Gasteiger charge is 2.57. The Hall–Kier alpha value is -0.286. The van der Waals surface area contributed by atoms with Crippen LogP contribution in [-0.4, -0.2) is 60.1 Å². The molecule has 1 saturated carbocycles. The maximum atomic E-state index is 12.8. The van der Waals surface area contributed by atoms with E-state index in [9.17, 15) is 5.11 Å². The van der Waals surface area contributed by atoms with Gasteiger partial charge in [0.25, 0.3) is 0 Å². The summed E-state index contributed by atoms with van der Waals surface area (Å²) in [7, 11) is -2.25. The van der Waals surface area contributed by atoms with Gasteiger partial charge in [-0.25, -0.2) is 0 Å². The van der Waals surface area contributed by atoms with E-state index >= 15 is 0 Å². The van der Waals surface area contributed by atoms with E-state index in [1.807, 2.05) is 0 Å². The Morgan fingerprint density at radius 1 is 1.02 bits per heavy atom. The van der Waals surface area contributed by atoms with Gasteiger partial charge in [0.05, 0.1) is 12.2 Å². The number of rotatable bonds is 11. The summed E-state index contributed by atoms with van der Waals surface area (Å²) < 4.78 is 25.6. The van der Waals surface area contributed by atoms with Crippen LogP contribution in [0.5, 0.6) is 0 Å². The van der Waals surface area contributed by atoms with E-state index in [1.165, 1.54) is 5.57 Å². The molecular formula is C34H66O5Si2. The fourth-order valence-electron chi connectivity index (χ4n) is 6.51. The van der Waals surface area contributed by atoms with Gasteiger partial charge in [-0.2, -0.15) is 0 Å². The van der Waals surface area contributed by atoms with Gasteiger partial charge in [-0.3, -0.25) is 0 Å². The lowest BCUT2D eigenvalue weighted by molar-refractivity contribution is -0.200. The second-order valence-electron chi connectivity index (χ2n) is 17.2. The molecule has 0 unspecified atom stereocenters. The van der Waals surface area contributed by atoms with E-state index < -0.39 is 33.8 Å². The molecule has 5 atom stereocenters. The van der Waals surface area contributed by atoms with Gasteiger partial charge in [-0.1, -0.05) is 80.5 Å². The Bertz CT molecular complexity index is 942. The lowest BCUT2D eigenvalue weighted by Crippen LogP contribution is -2.61. The zero-order valence-corrected chi connectivity index (χ0v) is 31.5. The van der Waals surface area contributed by atoms with Crippen molar-refractivity contribution in [3.8, 4) is 0 Å². The van der Waals surface area contributed by atoms with Gasteiger partial charge < -0.3 is 23.4 Å². The summed E-state index contributed by atoms with van der Waals surface area (Å²) in [6.07, 6.45) is 6.35. The molecule has 41 heavy (non-hydrogen) atoms. The molecule has 0 saturated heterocycles. The normalized spacial score (nSPS) is 30.7. The van der Waals surface area contributed by atoms with Crippen molar-refractivity contribution >= 4 is 16.6 Å². The number of hydrogen-bond acceptors (Lipinski definition) is 5. The molecule has 240 valence electrons. The summed E-state index contributed by atoms with van der Waals surface area (Å²) in [5.74, 6) is 0.216. The van der Waals surface area contributed by atoms with Crippen LogP contribution in [0, 0.1) is 16.7 Å². The molecule has 0 amide bonds.